The van der Waals surface area contributed by atoms with E-state index in [9.17, 15) is 13.9 Å². The summed E-state index contributed by atoms with van der Waals surface area (Å²) in [6.45, 7) is 1.03. The smallest absolute Gasteiger partial charge is 0.387 e. The van der Waals surface area contributed by atoms with E-state index in [-0.39, 0.29) is 22.2 Å². The van der Waals surface area contributed by atoms with Gasteiger partial charge in [-0.05, 0) is 60.6 Å². The Labute approximate surface area is 179 Å². The number of ether oxygens (including phenoxy) is 1. The number of anilines is 1. The van der Waals surface area contributed by atoms with E-state index < -0.39 is 6.61 Å². The number of benzene rings is 2. The number of hydrogen-bond acceptors (Lipinski definition) is 3. The van der Waals surface area contributed by atoms with Crippen LogP contribution < -0.4 is 19.7 Å². The maximum absolute atomic E-state index is 13.3. The molecule has 3 aromatic rings. The van der Waals surface area contributed by atoms with Crippen LogP contribution in [0, 0.1) is 13.8 Å². The maximum Gasteiger partial charge on any atom is 0.387 e. The zero-order valence-electron chi connectivity index (χ0n) is 16.4. The second-order valence-corrected chi connectivity index (χ2v) is 7.02. The van der Waals surface area contributed by atoms with Crippen LogP contribution in [-0.4, -0.2) is 11.6 Å². The molecule has 0 saturated carbocycles. The van der Waals surface area contributed by atoms with E-state index in [1.807, 2.05) is 32.0 Å². The van der Waals surface area contributed by atoms with Crippen molar-refractivity contribution in [3.8, 4) is 5.75 Å². The van der Waals surface area contributed by atoms with Gasteiger partial charge in [0.1, 0.15) is 5.75 Å². The Hall–Kier alpha value is -3.32. The molecule has 2 aromatic carbocycles. The van der Waals surface area contributed by atoms with Gasteiger partial charge in [0, 0.05) is 17.8 Å². The number of nitrogens with one attached hydrogen (secondary N) is 1. The van der Waals surface area contributed by atoms with Crippen LogP contribution >= 0.6 is 12.2 Å². The molecular weight excluding hydrogens is 406 g/mol. The molecule has 0 radical (unpaired) electrons. The first-order chi connectivity index (χ1) is 14.3. The van der Waals surface area contributed by atoms with Gasteiger partial charge in [-0.15, -0.1) is 0 Å². The second-order valence-electron chi connectivity index (χ2n) is 6.62. The fourth-order valence-electron chi connectivity index (χ4n) is 2.81. The molecule has 0 saturated heterocycles. The number of aromatic nitrogens is 1. The van der Waals surface area contributed by atoms with E-state index in [4.69, 9.17) is 12.2 Å². The van der Waals surface area contributed by atoms with Crippen molar-refractivity contribution in [3.05, 3.63) is 89.7 Å². The highest BCUT2D eigenvalue weighted by atomic mass is 32.1. The Bertz CT molecular complexity index is 1070. The van der Waals surface area contributed by atoms with Crippen LogP contribution in [0.5, 0.6) is 5.75 Å². The lowest BCUT2D eigenvalue weighted by Gasteiger charge is -2.18. The summed E-state index contributed by atoms with van der Waals surface area (Å²) >= 11 is 5.54. The minimum atomic E-state index is -2.89. The summed E-state index contributed by atoms with van der Waals surface area (Å²) < 4.78 is 30.7. The summed E-state index contributed by atoms with van der Waals surface area (Å²) in [6.07, 6.45) is 3.48. The minimum absolute atomic E-state index is 0.0364. The molecule has 0 aliphatic heterocycles. The number of alkyl halides is 2. The highest BCUT2D eigenvalue weighted by Gasteiger charge is 2.19. The van der Waals surface area contributed by atoms with Crippen LogP contribution in [-0.2, 0) is 0 Å². The Morgan fingerprint density at radius 3 is 2.27 bits per heavy atom. The van der Waals surface area contributed by atoms with E-state index in [1.165, 1.54) is 12.1 Å². The fraction of sp³-hybridized carbons (Fsp3) is 0.130. The van der Waals surface area contributed by atoms with Crippen LogP contribution in [0.25, 0.3) is 11.5 Å². The van der Waals surface area contributed by atoms with Crippen molar-refractivity contribution in [1.29, 1.82) is 0 Å². The van der Waals surface area contributed by atoms with Crippen LogP contribution in [0.4, 0.5) is 14.5 Å². The van der Waals surface area contributed by atoms with Gasteiger partial charge in [-0.1, -0.05) is 36.5 Å². The van der Waals surface area contributed by atoms with E-state index in [0.29, 0.717) is 11.3 Å². The van der Waals surface area contributed by atoms with Gasteiger partial charge in [-0.2, -0.15) is 13.3 Å². The van der Waals surface area contributed by atoms with Crippen molar-refractivity contribution in [2.75, 3.05) is 5.32 Å². The lowest BCUT2D eigenvalue weighted by Crippen LogP contribution is -2.39. The molecular formula is C23H20F2N2O2S. The number of halogens is 2. The van der Waals surface area contributed by atoms with Gasteiger partial charge in [-0.25, -0.2) is 0 Å². The average molecular weight is 426 g/mol. The van der Waals surface area contributed by atoms with Crippen molar-refractivity contribution < 1.29 is 23.2 Å². The molecule has 154 valence electrons. The Morgan fingerprint density at radius 2 is 1.67 bits per heavy atom. The van der Waals surface area contributed by atoms with Crippen LogP contribution in [0.2, 0.25) is 0 Å². The molecule has 0 amide bonds. The molecule has 1 heterocycles. The minimum Gasteiger partial charge on any atom is -0.867 e. The summed E-state index contributed by atoms with van der Waals surface area (Å²) in [5.41, 5.74) is 3.44. The molecule has 1 N–H and O–H groups in total. The SMILES string of the molecule is Cc1ccc(C([O-])=C(C(=S)Nc2ccc(OC(F)F)cc2)[n+]2ccccc2)cc1C. The Kier molecular flexibility index (Phi) is 6.74. The molecule has 0 spiro atoms. The van der Waals surface area contributed by atoms with Crippen molar-refractivity contribution in [2.24, 2.45) is 0 Å². The molecule has 0 fully saturated rings. The lowest BCUT2D eigenvalue weighted by molar-refractivity contribution is -0.577. The van der Waals surface area contributed by atoms with Gasteiger partial charge >= 0.3 is 6.61 Å². The molecule has 0 aliphatic carbocycles. The van der Waals surface area contributed by atoms with Crippen molar-refractivity contribution in [1.82, 2.24) is 0 Å². The van der Waals surface area contributed by atoms with Gasteiger partial charge < -0.3 is 15.2 Å². The molecule has 0 bridgehead atoms. The number of rotatable bonds is 6. The zero-order chi connectivity index (χ0) is 21.7. The van der Waals surface area contributed by atoms with Crippen LogP contribution in [0.15, 0.2) is 73.1 Å². The molecule has 4 nitrogen and oxygen atoms in total. The topological polar surface area (TPSA) is 48.2 Å². The van der Waals surface area contributed by atoms with E-state index in [2.05, 4.69) is 10.1 Å². The van der Waals surface area contributed by atoms with Crippen LogP contribution in [0.3, 0.4) is 0 Å². The first-order valence-electron chi connectivity index (χ1n) is 9.17. The average Bonchev–Trinajstić information content (AvgIpc) is 2.72. The first kappa shape index (κ1) is 21.4. The van der Waals surface area contributed by atoms with Gasteiger partial charge in [0.05, 0.1) is 0 Å². The quantitative estimate of drug-likeness (QED) is 0.276. The van der Waals surface area contributed by atoms with E-state index >= 15 is 0 Å². The Balaban J connectivity index is 1.96. The summed E-state index contributed by atoms with van der Waals surface area (Å²) in [5, 5.41) is 16.3. The molecule has 0 aliphatic rings. The number of thiocarbonyl (C=S) groups is 1. The third-order valence-electron chi connectivity index (χ3n) is 4.51. The normalized spacial score (nSPS) is 11.8. The van der Waals surface area contributed by atoms with Gasteiger partial charge in [0.25, 0.3) is 0 Å². The summed E-state index contributed by atoms with van der Waals surface area (Å²) in [7, 11) is 0. The number of hydrogen-bond donors (Lipinski definition) is 1. The zero-order valence-corrected chi connectivity index (χ0v) is 17.2. The summed E-state index contributed by atoms with van der Waals surface area (Å²) in [4.78, 5) is 0.206. The molecule has 0 unspecified atom stereocenters. The molecule has 0 atom stereocenters. The third-order valence-corrected chi connectivity index (χ3v) is 4.81. The van der Waals surface area contributed by atoms with Crippen molar-refractivity contribution in [2.45, 2.75) is 20.5 Å². The molecule has 30 heavy (non-hydrogen) atoms. The predicted molar refractivity (Wildman–Crippen MR) is 115 cm³/mol. The predicted octanol–water partition coefficient (Wildman–Crippen LogP) is 4.32. The van der Waals surface area contributed by atoms with Gasteiger partial charge in [0.15, 0.2) is 17.4 Å². The van der Waals surface area contributed by atoms with Crippen molar-refractivity contribution >= 4 is 34.3 Å². The highest BCUT2D eigenvalue weighted by Crippen LogP contribution is 2.21. The maximum atomic E-state index is 13.3. The fourth-order valence-corrected chi connectivity index (χ4v) is 3.13. The lowest BCUT2D eigenvalue weighted by atomic mass is 10.0. The second kappa shape index (κ2) is 9.45. The molecule has 3 rings (SSSR count). The first-order valence-corrected chi connectivity index (χ1v) is 9.58. The van der Waals surface area contributed by atoms with E-state index in [0.717, 1.165) is 11.1 Å². The number of aryl methyl sites for hydroxylation is 2. The largest absolute Gasteiger partial charge is 0.867 e. The summed E-state index contributed by atoms with van der Waals surface area (Å²) in [6, 6.07) is 16.8. The number of pyridine rings is 1. The third kappa shape index (κ3) is 5.18. The standard InChI is InChI=1S/C23H20F2N2O2S/c1-15-6-7-17(14-16(15)2)21(28)20(27-12-4-3-5-13-27)22(30)26-18-8-10-19(11-9-18)29-23(24)25/h3-14,23H,1-2H3,(H-,26,28,30). The Morgan fingerprint density at radius 1 is 1.00 bits per heavy atom. The van der Waals surface area contributed by atoms with Gasteiger partial charge in [-0.3, -0.25) is 0 Å². The number of nitrogens with zero attached hydrogens (tertiary/aromatic N) is 1. The van der Waals surface area contributed by atoms with Crippen LogP contribution in [0.1, 0.15) is 16.7 Å². The highest BCUT2D eigenvalue weighted by molar-refractivity contribution is 7.81. The molecule has 1 aromatic heterocycles. The van der Waals surface area contributed by atoms with Crippen molar-refractivity contribution in [3.63, 3.8) is 0 Å². The van der Waals surface area contributed by atoms with Gasteiger partial charge in [0.2, 0.25) is 5.70 Å². The molecule has 7 heteroatoms. The monoisotopic (exact) mass is 426 g/mol. The summed E-state index contributed by atoms with van der Waals surface area (Å²) in [5.74, 6) is -0.196. The van der Waals surface area contributed by atoms with E-state index in [1.54, 1.807) is 47.3 Å².